The Bertz CT molecular complexity index is 1270. The minimum absolute atomic E-state index is 0.0161. The molecule has 0 aliphatic carbocycles. The van der Waals surface area contributed by atoms with Crippen molar-refractivity contribution >= 4 is 28.6 Å². The van der Waals surface area contributed by atoms with Crippen LogP contribution < -0.4 is 16.4 Å². The van der Waals surface area contributed by atoms with Crippen LogP contribution in [0.25, 0.3) is 16.7 Å². The minimum atomic E-state index is -0.471. The van der Waals surface area contributed by atoms with E-state index >= 15 is 0 Å². The number of esters is 1. The molecule has 1 amide bonds. The van der Waals surface area contributed by atoms with Gasteiger partial charge < -0.3 is 19.4 Å². The van der Waals surface area contributed by atoms with Gasteiger partial charge in [0.25, 0.3) is 11.5 Å². The van der Waals surface area contributed by atoms with Gasteiger partial charge in [0.2, 0.25) is 0 Å². The van der Waals surface area contributed by atoms with Crippen LogP contribution in [0, 0.1) is 5.41 Å². The molecule has 1 saturated heterocycles. The van der Waals surface area contributed by atoms with Crippen molar-refractivity contribution in [2.45, 2.75) is 32.4 Å². The average Bonchev–Trinajstić information content (AvgIpc) is 3.27. The van der Waals surface area contributed by atoms with E-state index in [4.69, 9.17) is 14.9 Å². The highest BCUT2D eigenvalue weighted by molar-refractivity contribution is 5.96. The predicted octanol–water partition coefficient (Wildman–Crippen LogP) is 0.601. The third-order valence-corrected chi connectivity index (χ3v) is 5.20. The van der Waals surface area contributed by atoms with Gasteiger partial charge in [-0.15, -0.1) is 0 Å². The molecule has 0 aromatic carbocycles. The van der Waals surface area contributed by atoms with Crippen LogP contribution in [0.2, 0.25) is 0 Å². The molecule has 31 heavy (non-hydrogen) atoms. The number of nitrogens with zero attached hydrogens (tertiary/aromatic N) is 3. The fourth-order valence-corrected chi connectivity index (χ4v) is 3.67. The Balaban J connectivity index is 1.80. The van der Waals surface area contributed by atoms with Gasteiger partial charge in [0, 0.05) is 26.3 Å². The molecule has 4 rings (SSSR count). The second-order valence-electron chi connectivity index (χ2n) is 7.33. The van der Waals surface area contributed by atoms with E-state index < -0.39 is 11.9 Å². The fraction of sp³-hybridized carbons (Fsp3) is 0.381. The average molecular weight is 425 g/mol. The topological polar surface area (TPSA) is 128 Å². The van der Waals surface area contributed by atoms with Crippen molar-refractivity contribution in [2.75, 3.05) is 19.8 Å². The van der Waals surface area contributed by atoms with Crippen molar-refractivity contribution in [3.05, 3.63) is 51.9 Å². The maximum atomic E-state index is 13.1. The normalized spacial score (nSPS) is 16.0. The number of amides is 1. The van der Waals surface area contributed by atoms with E-state index in [1.807, 2.05) is 0 Å². The number of nitrogens with one attached hydrogen (secondary N) is 2. The molecule has 3 aromatic heterocycles. The summed E-state index contributed by atoms with van der Waals surface area (Å²) >= 11 is 0. The first-order chi connectivity index (χ1) is 15.0. The lowest BCUT2D eigenvalue weighted by atomic mass is 10.2. The van der Waals surface area contributed by atoms with Gasteiger partial charge in [0.15, 0.2) is 0 Å². The van der Waals surface area contributed by atoms with Crippen molar-refractivity contribution in [1.82, 2.24) is 19.3 Å². The van der Waals surface area contributed by atoms with Crippen molar-refractivity contribution in [2.24, 2.45) is 0 Å². The molecule has 162 valence electrons. The highest BCUT2D eigenvalue weighted by atomic mass is 16.5. The van der Waals surface area contributed by atoms with E-state index in [0.717, 1.165) is 12.8 Å². The molecule has 1 aliphatic heterocycles. The van der Waals surface area contributed by atoms with Crippen LogP contribution in [0.4, 0.5) is 0 Å². The molecule has 1 fully saturated rings. The first-order valence-electron chi connectivity index (χ1n) is 10.1. The van der Waals surface area contributed by atoms with Gasteiger partial charge in [0.1, 0.15) is 23.4 Å². The highest BCUT2D eigenvalue weighted by Gasteiger charge is 2.20. The smallest absolute Gasteiger partial charge is 0.302 e. The molecule has 1 aliphatic rings. The number of rotatable bonds is 6. The Morgan fingerprint density at radius 2 is 2.23 bits per heavy atom. The van der Waals surface area contributed by atoms with Gasteiger partial charge >= 0.3 is 5.97 Å². The summed E-state index contributed by atoms with van der Waals surface area (Å²) in [6.07, 6.45) is 3.36. The second kappa shape index (κ2) is 8.68. The van der Waals surface area contributed by atoms with E-state index in [1.165, 1.54) is 22.0 Å². The van der Waals surface area contributed by atoms with Crippen LogP contribution in [-0.2, 0) is 20.8 Å². The molecule has 0 radical (unpaired) electrons. The number of hydrogen-bond donors (Lipinski definition) is 2. The molecule has 2 N–H and O–H groups in total. The van der Waals surface area contributed by atoms with E-state index in [9.17, 15) is 14.4 Å². The predicted molar refractivity (Wildman–Crippen MR) is 111 cm³/mol. The molecule has 3 aromatic rings. The van der Waals surface area contributed by atoms with Gasteiger partial charge in [-0.25, -0.2) is 4.98 Å². The number of pyridine rings is 2. The summed E-state index contributed by atoms with van der Waals surface area (Å²) in [5.41, 5.74) is 0.245. The first kappa shape index (κ1) is 20.7. The lowest BCUT2D eigenvalue weighted by Crippen LogP contribution is -2.38. The molecular weight excluding hydrogens is 402 g/mol. The Morgan fingerprint density at radius 3 is 2.97 bits per heavy atom. The summed E-state index contributed by atoms with van der Waals surface area (Å²) < 4.78 is 13.3. The summed E-state index contributed by atoms with van der Waals surface area (Å²) in [4.78, 5) is 41.6. The van der Waals surface area contributed by atoms with E-state index in [-0.39, 0.29) is 46.9 Å². The summed E-state index contributed by atoms with van der Waals surface area (Å²) in [6.45, 7) is 2.36. The fourth-order valence-electron chi connectivity index (χ4n) is 3.67. The van der Waals surface area contributed by atoms with Gasteiger partial charge in [-0.1, -0.05) is 6.07 Å². The molecule has 10 nitrogen and oxygen atoms in total. The lowest BCUT2D eigenvalue weighted by Gasteiger charge is -2.15. The molecule has 10 heteroatoms. The first-order valence-corrected chi connectivity index (χ1v) is 10.1. The Kier molecular flexibility index (Phi) is 5.81. The maximum absolute atomic E-state index is 13.1. The molecule has 0 spiro atoms. The van der Waals surface area contributed by atoms with Gasteiger partial charge in [-0.3, -0.25) is 24.2 Å². The SMILES string of the molecule is CC(=O)OCCn1c(=N)c(C(=O)NC[C@@H]2CCCO2)cc2c(=O)n3ccccc3nc21. The second-order valence-corrected chi connectivity index (χ2v) is 7.33. The standard InChI is InChI=1S/C21H23N5O5/c1-13(27)30-10-8-26-18(22)15(20(28)23-12-14-5-4-9-31-14)11-16-19(26)24-17-6-2-3-7-25(17)21(16)29/h2-3,6-7,11,14,22H,4-5,8-10,12H2,1H3,(H,23,28)/t14-/m0/s1. The van der Waals surface area contributed by atoms with Gasteiger partial charge in [-0.05, 0) is 31.0 Å². The van der Waals surface area contributed by atoms with Gasteiger partial charge in [-0.2, -0.15) is 0 Å². The highest BCUT2D eigenvalue weighted by Crippen LogP contribution is 2.12. The molecule has 0 bridgehead atoms. The lowest BCUT2D eigenvalue weighted by molar-refractivity contribution is -0.141. The van der Waals surface area contributed by atoms with Crippen molar-refractivity contribution in [1.29, 1.82) is 5.41 Å². The molecule has 4 heterocycles. The van der Waals surface area contributed by atoms with Crippen LogP contribution >= 0.6 is 0 Å². The van der Waals surface area contributed by atoms with Crippen LogP contribution in [-0.4, -0.2) is 51.7 Å². The van der Waals surface area contributed by atoms with Crippen molar-refractivity contribution in [3.63, 3.8) is 0 Å². The van der Waals surface area contributed by atoms with E-state index in [0.29, 0.717) is 18.8 Å². The molecule has 1 atom stereocenters. The molecule has 0 saturated carbocycles. The zero-order valence-electron chi connectivity index (χ0n) is 17.1. The summed E-state index contributed by atoms with van der Waals surface area (Å²) in [7, 11) is 0. The molecular formula is C21H23N5O5. The number of aromatic nitrogens is 3. The van der Waals surface area contributed by atoms with Gasteiger partial charge in [0.05, 0.1) is 23.6 Å². The summed E-state index contributed by atoms with van der Waals surface area (Å²) in [6, 6.07) is 6.55. The quantitative estimate of drug-likeness (QED) is 0.440. The summed E-state index contributed by atoms with van der Waals surface area (Å²) in [5.74, 6) is -0.929. The maximum Gasteiger partial charge on any atom is 0.302 e. The number of carbonyl (C=O) groups is 2. The monoisotopic (exact) mass is 425 g/mol. The van der Waals surface area contributed by atoms with Crippen molar-refractivity contribution < 1.29 is 19.1 Å². The van der Waals surface area contributed by atoms with E-state index in [2.05, 4.69) is 10.3 Å². The number of hydrogen-bond acceptors (Lipinski definition) is 7. The third-order valence-electron chi connectivity index (χ3n) is 5.20. The third kappa shape index (κ3) is 4.19. The van der Waals surface area contributed by atoms with Crippen molar-refractivity contribution in [3.8, 4) is 0 Å². The number of carbonyl (C=O) groups excluding carboxylic acids is 2. The van der Waals surface area contributed by atoms with Crippen LogP contribution in [0.5, 0.6) is 0 Å². The van der Waals surface area contributed by atoms with Crippen LogP contribution in [0.3, 0.4) is 0 Å². The number of fused-ring (bicyclic) bond motifs is 2. The number of ether oxygens (including phenoxy) is 2. The largest absolute Gasteiger partial charge is 0.464 e. The Morgan fingerprint density at radius 1 is 1.39 bits per heavy atom. The minimum Gasteiger partial charge on any atom is -0.464 e. The van der Waals surface area contributed by atoms with E-state index in [1.54, 1.807) is 24.4 Å². The zero-order chi connectivity index (χ0) is 22.0. The van der Waals surface area contributed by atoms with Crippen LogP contribution in [0.15, 0.2) is 35.3 Å². The molecule has 0 unspecified atom stereocenters. The van der Waals surface area contributed by atoms with Crippen LogP contribution in [0.1, 0.15) is 30.1 Å². The zero-order valence-corrected chi connectivity index (χ0v) is 17.1. The Hall–Kier alpha value is -3.53. The summed E-state index contributed by atoms with van der Waals surface area (Å²) in [5, 5.41) is 11.6. The Labute approximate surface area is 176 Å².